The van der Waals surface area contributed by atoms with Crippen LogP contribution in [0.25, 0.3) is 5.95 Å². The first-order chi connectivity index (χ1) is 12.4. The van der Waals surface area contributed by atoms with Gasteiger partial charge in [-0.2, -0.15) is 9.78 Å². The van der Waals surface area contributed by atoms with E-state index < -0.39 is 0 Å². The summed E-state index contributed by atoms with van der Waals surface area (Å²) in [6.45, 7) is 5.64. The summed E-state index contributed by atoms with van der Waals surface area (Å²) in [5, 5.41) is 7.45. The Morgan fingerprint density at radius 3 is 2.58 bits per heavy atom. The molecule has 0 bridgehead atoms. The molecule has 1 amide bonds. The molecule has 2 aromatic heterocycles. The Morgan fingerprint density at radius 2 is 1.88 bits per heavy atom. The lowest BCUT2D eigenvalue weighted by Crippen LogP contribution is -2.25. The summed E-state index contributed by atoms with van der Waals surface area (Å²) >= 11 is 0. The maximum atomic E-state index is 13.7. The van der Waals surface area contributed by atoms with E-state index in [-0.39, 0.29) is 24.1 Å². The van der Waals surface area contributed by atoms with Crippen molar-refractivity contribution in [3.63, 3.8) is 0 Å². The van der Waals surface area contributed by atoms with Crippen molar-refractivity contribution in [2.75, 3.05) is 5.32 Å². The summed E-state index contributed by atoms with van der Waals surface area (Å²) in [6, 6.07) is 8.23. The highest BCUT2D eigenvalue weighted by Crippen LogP contribution is 2.39. The number of hydrogen-bond acceptors (Lipinski definition) is 4. The number of aromatic nitrogens is 4. The molecule has 0 saturated carbocycles. The van der Waals surface area contributed by atoms with Gasteiger partial charge in [0.1, 0.15) is 11.6 Å². The molecule has 0 radical (unpaired) electrons. The van der Waals surface area contributed by atoms with Crippen molar-refractivity contribution in [1.82, 2.24) is 19.7 Å². The molecule has 3 heterocycles. The van der Waals surface area contributed by atoms with Gasteiger partial charge in [-0.25, -0.2) is 14.4 Å². The monoisotopic (exact) mass is 351 g/mol. The molecule has 0 unspecified atom stereocenters. The van der Waals surface area contributed by atoms with Gasteiger partial charge in [0.25, 0.3) is 5.95 Å². The molecule has 3 aromatic rings. The summed E-state index contributed by atoms with van der Waals surface area (Å²) < 4.78 is 15.3. The van der Waals surface area contributed by atoms with E-state index in [4.69, 9.17) is 0 Å². The van der Waals surface area contributed by atoms with Gasteiger partial charge >= 0.3 is 0 Å². The fourth-order valence-corrected chi connectivity index (χ4v) is 3.50. The first-order valence-corrected chi connectivity index (χ1v) is 8.40. The van der Waals surface area contributed by atoms with Crippen molar-refractivity contribution < 1.29 is 9.18 Å². The van der Waals surface area contributed by atoms with E-state index >= 15 is 0 Å². The maximum absolute atomic E-state index is 13.7. The molecule has 132 valence electrons. The van der Waals surface area contributed by atoms with Crippen LogP contribution in [0.15, 0.2) is 30.3 Å². The van der Waals surface area contributed by atoms with E-state index in [1.807, 2.05) is 32.9 Å². The minimum absolute atomic E-state index is 0.141. The highest BCUT2D eigenvalue weighted by molar-refractivity contribution is 5.95. The number of anilines is 1. The zero-order valence-corrected chi connectivity index (χ0v) is 14.7. The molecular formula is C19H18FN5O. The van der Waals surface area contributed by atoms with Crippen molar-refractivity contribution in [1.29, 1.82) is 0 Å². The summed E-state index contributed by atoms with van der Waals surface area (Å²) in [4.78, 5) is 21.2. The third kappa shape index (κ3) is 2.75. The number of fused-ring (bicyclic) bond motifs is 1. The molecule has 0 fully saturated rings. The Kier molecular flexibility index (Phi) is 3.79. The van der Waals surface area contributed by atoms with Gasteiger partial charge in [-0.05, 0) is 44.5 Å². The van der Waals surface area contributed by atoms with Crippen molar-refractivity contribution in [3.05, 3.63) is 64.4 Å². The average Bonchev–Trinajstić information content (AvgIpc) is 2.90. The van der Waals surface area contributed by atoms with Crippen LogP contribution >= 0.6 is 0 Å². The Labute approximate surface area is 150 Å². The van der Waals surface area contributed by atoms with Gasteiger partial charge in [-0.3, -0.25) is 4.79 Å². The van der Waals surface area contributed by atoms with Crippen molar-refractivity contribution in [2.45, 2.75) is 33.1 Å². The molecule has 7 heteroatoms. The highest BCUT2D eigenvalue weighted by atomic mass is 19.1. The van der Waals surface area contributed by atoms with E-state index in [1.165, 1.54) is 12.1 Å². The largest absolute Gasteiger partial charge is 0.310 e. The lowest BCUT2D eigenvalue weighted by atomic mass is 9.86. The standard InChI is InChI=1S/C19H18FN5O/c1-10-7-11(2)22-19(21-10)25-18-17(12(3)24-25)15(9-16(26)23-18)13-5-4-6-14(20)8-13/h4-8,15H,9H2,1-3H3,(H,23,26)/t15-/m1/s1. The predicted octanol–water partition coefficient (Wildman–Crippen LogP) is 3.20. The van der Waals surface area contributed by atoms with Crippen LogP contribution in [0.5, 0.6) is 0 Å². The summed E-state index contributed by atoms with van der Waals surface area (Å²) in [5.41, 5.74) is 4.02. The number of nitrogens with zero attached hydrogens (tertiary/aromatic N) is 4. The molecule has 0 spiro atoms. The van der Waals surface area contributed by atoms with Gasteiger partial charge in [-0.1, -0.05) is 12.1 Å². The second kappa shape index (κ2) is 6.01. The Balaban J connectivity index is 1.90. The van der Waals surface area contributed by atoms with Crippen LogP contribution in [0, 0.1) is 26.6 Å². The number of carbonyl (C=O) groups excluding carboxylic acids is 1. The molecule has 1 aliphatic rings. The molecule has 0 saturated heterocycles. The Hall–Kier alpha value is -3.09. The third-order valence-electron chi connectivity index (χ3n) is 4.51. The molecular weight excluding hydrogens is 333 g/mol. The normalized spacial score (nSPS) is 16.3. The molecule has 1 N–H and O–H groups in total. The van der Waals surface area contributed by atoms with E-state index in [1.54, 1.807) is 10.7 Å². The zero-order valence-electron chi connectivity index (χ0n) is 14.7. The summed E-state index contributed by atoms with van der Waals surface area (Å²) in [5.74, 6) is 0.245. The fraction of sp³-hybridized carbons (Fsp3) is 0.263. The summed E-state index contributed by atoms with van der Waals surface area (Å²) in [7, 11) is 0. The molecule has 1 aromatic carbocycles. The van der Waals surface area contributed by atoms with Crippen molar-refractivity contribution in [2.24, 2.45) is 0 Å². The maximum Gasteiger partial charge on any atom is 0.252 e. The molecule has 4 rings (SSSR count). The first-order valence-electron chi connectivity index (χ1n) is 8.40. The van der Waals surface area contributed by atoms with Crippen molar-refractivity contribution in [3.8, 4) is 5.95 Å². The number of amides is 1. The lowest BCUT2D eigenvalue weighted by molar-refractivity contribution is -0.116. The van der Waals surface area contributed by atoms with E-state index in [2.05, 4.69) is 20.4 Å². The second-order valence-electron chi connectivity index (χ2n) is 6.57. The molecule has 1 aliphatic heterocycles. The number of hydrogen-bond donors (Lipinski definition) is 1. The number of halogens is 1. The van der Waals surface area contributed by atoms with Gasteiger partial charge in [0.15, 0.2) is 0 Å². The van der Waals surface area contributed by atoms with Crippen LogP contribution in [0.3, 0.4) is 0 Å². The first kappa shape index (κ1) is 16.4. The van der Waals surface area contributed by atoms with Gasteiger partial charge in [0.05, 0.1) is 5.69 Å². The molecule has 0 aliphatic carbocycles. The van der Waals surface area contributed by atoms with E-state index in [0.29, 0.717) is 11.8 Å². The fourth-order valence-electron chi connectivity index (χ4n) is 3.50. The smallest absolute Gasteiger partial charge is 0.252 e. The van der Waals surface area contributed by atoms with Crippen LogP contribution in [-0.4, -0.2) is 25.7 Å². The van der Waals surface area contributed by atoms with Gasteiger partial charge in [0, 0.05) is 29.3 Å². The number of rotatable bonds is 2. The van der Waals surface area contributed by atoms with E-state index in [0.717, 1.165) is 28.2 Å². The van der Waals surface area contributed by atoms with Crippen LogP contribution in [0.1, 0.15) is 40.5 Å². The van der Waals surface area contributed by atoms with Crippen LogP contribution < -0.4 is 5.32 Å². The van der Waals surface area contributed by atoms with Crippen LogP contribution in [0.4, 0.5) is 10.2 Å². The number of nitrogens with one attached hydrogen (secondary N) is 1. The Morgan fingerprint density at radius 1 is 1.15 bits per heavy atom. The van der Waals surface area contributed by atoms with E-state index in [9.17, 15) is 9.18 Å². The molecule has 1 atom stereocenters. The minimum atomic E-state index is -0.322. The predicted molar refractivity (Wildman–Crippen MR) is 94.9 cm³/mol. The van der Waals surface area contributed by atoms with Gasteiger partial charge < -0.3 is 5.32 Å². The van der Waals surface area contributed by atoms with Crippen LogP contribution in [-0.2, 0) is 4.79 Å². The minimum Gasteiger partial charge on any atom is -0.310 e. The number of aryl methyl sites for hydroxylation is 3. The Bertz CT molecular complexity index is 1010. The SMILES string of the molecule is Cc1cc(C)nc(-n2nc(C)c3c2NC(=O)C[C@@H]3c2cccc(F)c2)n1. The third-order valence-corrected chi connectivity index (χ3v) is 4.51. The topological polar surface area (TPSA) is 72.7 Å². The molecule has 6 nitrogen and oxygen atoms in total. The highest BCUT2D eigenvalue weighted by Gasteiger charge is 2.33. The number of benzene rings is 1. The van der Waals surface area contributed by atoms with Gasteiger partial charge in [0.2, 0.25) is 5.91 Å². The number of carbonyl (C=O) groups is 1. The van der Waals surface area contributed by atoms with Crippen molar-refractivity contribution >= 4 is 11.7 Å². The second-order valence-corrected chi connectivity index (χ2v) is 6.57. The average molecular weight is 351 g/mol. The quantitative estimate of drug-likeness (QED) is 0.769. The summed E-state index contributed by atoms with van der Waals surface area (Å²) in [6.07, 6.45) is 0.247. The van der Waals surface area contributed by atoms with Crippen LogP contribution in [0.2, 0.25) is 0 Å². The zero-order chi connectivity index (χ0) is 18.4. The van der Waals surface area contributed by atoms with Gasteiger partial charge in [-0.15, -0.1) is 0 Å². The lowest BCUT2D eigenvalue weighted by Gasteiger charge is -2.24. The molecule has 26 heavy (non-hydrogen) atoms.